The highest BCUT2D eigenvalue weighted by Crippen LogP contribution is 2.45. The van der Waals surface area contributed by atoms with Gasteiger partial charge in [0.2, 0.25) is 0 Å². The first-order valence-electron chi connectivity index (χ1n) is 6.25. The highest BCUT2D eigenvalue weighted by Gasteiger charge is 2.49. The van der Waals surface area contributed by atoms with Crippen LogP contribution in [0.1, 0.15) is 32.1 Å². The molecule has 1 aliphatic carbocycles. The van der Waals surface area contributed by atoms with Crippen molar-refractivity contribution in [2.75, 3.05) is 26.3 Å². The highest BCUT2D eigenvalue weighted by molar-refractivity contribution is 5.78. The second-order valence-corrected chi connectivity index (χ2v) is 5.11. The van der Waals surface area contributed by atoms with Gasteiger partial charge in [-0.15, -0.1) is 0 Å². The zero-order chi connectivity index (χ0) is 11.4. The third-order valence-corrected chi connectivity index (χ3v) is 3.84. The van der Waals surface area contributed by atoms with Crippen molar-refractivity contribution in [3.8, 4) is 0 Å². The van der Waals surface area contributed by atoms with Gasteiger partial charge in [0.05, 0.1) is 5.41 Å². The maximum Gasteiger partial charge on any atom is 0.310 e. The Hall–Kier alpha value is -0.610. The molecule has 4 nitrogen and oxygen atoms in total. The Balaban J connectivity index is 1.56. The predicted molar refractivity (Wildman–Crippen MR) is 60.3 cm³/mol. The van der Waals surface area contributed by atoms with Gasteiger partial charge >= 0.3 is 5.97 Å². The molecule has 92 valence electrons. The molecule has 2 N–H and O–H groups in total. The van der Waals surface area contributed by atoms with E-state index in [9.17, 15) is 4.79 Å². The van der Waals surface area contributed by atoms with Crippen LogP contribution >= 0.6 is 0 Å². The molecule has 0 atom stereocenters. The Bertz CT molecular complexity index is 245. The predicted octanol–water partition coefficient (Wildman–Crippen LogP) is 1.26. The van der Waals surface area contributed by atoms with Crippen LogP contribution in [0.4, 0.5) is 0 Å². The van der Waals surface area contributed by atoms with Gasteiger partial charge in [-0.2, -0.15) is 0 Å². The number of ether oxygens (including phenoxy) is 1. The number of carboxylic acid groups (broad SMARTS) is 1. The summed E-state index contributed by atoms with van der Waals surface area (Å²) in [4.78, 5) is 10.9. The summed E-state index contributed by atoms with van der Waals surface area (Å²) < 4.78 is 5.30. The number of hydrogen-bond donors (Lipinski definition) is 2. The minimum Gasteiger partial charge on any atom is -0.481 e. The average molecular weight is 227 g/mol. The molecule has 0 aromatic carbocycles. The molecule has 0 spiro atoms. The number of hydrogen-bond acceptors (Lipinski definition) is 3. The summed E-state index contributed by atoms with van der Waals surface area (Å²) in [6.45, 7) is 3.37. The van der Waals surface area contributed by atoms with E-state index in [0.29, 0.717) is 6.54 Å². The van der Waals surface area contributed by atoms with Crippen LogP contribution in [0.3, 0.4) is 0 Å². The van der Waals surface area contributed by atoms with Crippen LogP contribution in [0.25, 0.3) is 0 Å². The first-order chi connectivity index (χ1) is 7.73. The fourth-order valence-corrected chi connectivity index (χ4v) is 2.29. The molecule has 16 heavy (non-hydrogen) atoms. The molecule has 1 heterocycles. The Labute approximate surface area is 96.4 Å². The molecule has 1 saturated heterocycles. The Morgan fingerprint density at radius 3 is 2.62 bits per heavy atom. The SMILES string of the molecule is O=C(O)C1(CNCCC2CCOCC2)CC1. The molecule has 0 unspecified atom stereocenters. The van der Waals surface area contributed by atoms with Crippen LogP contribution in [-0.2, 0) is 9.53 Å². The second-order valence-electron chi connectivity index (χ2n) is 5.11. The molecule has 0 aromatic rings. The Morgan fingerprint density at radius 2 is 2.06 bits per heavy atom. The summed E-state index contributed by atoms with van der Waals surface area (Å²) in [6.07, 6.45) is 5.15. The summed E-state index contributed by atoms with van der Waals surface area (Å²) in [5.74, 6) is 0.132. The van der Waals surface area contributed by atoms with Crippen molar-refractivity contribution in [3.05, 3.63) is 0 Å². The van der Waals surface area contributed by atoms with E-state index in [2.05, 4.69) is 5.32 Å². The molecule has 1 aliphatic heterocycles. The number of carbonyl (C=O) groups is 1. The first kappa shape index (κ1) is 11.9. The summed E-state index contributed by atoms with van der Waals surface area (Å²) >= 11 is 0. The number of carboxylic acids is 1. The van der Waals surface area contributed by atoms with E-state index >= 15 is 0 Å². The normalized spacial score (nSPS) is 24.2. The van der Waals surface area contributed by atoms with Crippen molar-refractivity contribution in [1.82, 2.24) is 5.32 Å². The van der Waals surface area contributed by atoms with Crippen molar-refractivity contribution in [2.24, 2.45) is 11.3 Å². The zero-order valence-corrected chi connectivity index (χ0v) is 9.71. The first-order valence-corrected chi connectivity index (χ1v) is 6.25. The van der Waals surface area contributed by atoms with Crippen LogP contribution in [-0.4, -0.2) is 37.4 Å². The molecule has 2 fully saturated rings. The van der Waals surface area contributed by atoms with Crippen molar-refractivity contribution < 1.29 is 14.6 Å². The summed E-state index contributed by atoms with van der Waals surface area (Å²) in [5.41, 5.74) is -0.421. The molecular formula is C12H21NO3. The standard InChI is InChI=1S/C12H21NO3/c14-11(15)12(4-5-12)9-13-6-1-10-2-7-16-8-3-10/h10,13H,1-9H2,(H,14,15). The number of aliphatic carboxylic acids is 1. The van der Waals surface area contributed by atoms with Crippen LogP contribution in [0.5, 0.6) is 0 Å². The smallest absolute Gasteiger partial charge is 0.310 e. The lowest BCUT2D eigenvalue weighted by molar-refractivity contribution is -0.143. The molecule has 2 aliphatic rings. The van der Waals surface area contributed by atoms with E-state index in [1.807, 2.05) is 0 Å². The van der Waals surface area contributed by atoms with Crippen molar-refractivity contribution >= 4 is 5.97 Å². The lowest BCUT2D eigenvalue weighted by Gasteiger charge is -2.22. The summed E-state index contributed by atoms with van der Waals surface area (Å²) in [5, 5.41) is 12.3. The van der Waals surface area contributed by atoms with Crippen LogP contribution < -0.4 is 5.32 Å². The summed E-state index contributed by atoms with van der Waals surface area (Å²) in [7, 11) is 0. The maximum absolute atomic E-state index is 10.9. The quantitative estimate of drug-likeness (QED) is 0.671. The summed E-state index contributed by atoms with van der Waals surface area (Å²) in [6, 6.07) is 0. The zero-order valence-electron chi connectivity index (χ0n) is 9.71. The van der Waals surface area contributed by atoms with Gasteiger partial charge in [-0.3, -0.25) is 4.79 Å². The number of rotatable bonds is 6. The van der Waals surface area contributed by atoms with Crippen LogP contribution in [0, 0.1) is 11.3 Å². The van der Waals surface area contributed by atoms with Gasteiger partial charge in [-0.25, -0.2) is 0 Å². The minimum atomic E-state index is -0.633. The molecule has 0 aromatic heterocycles. The maximum atomic E-state index is 10.9. The second kappa shape index (κ2) is 5.15. The topological polar surface area (TPSA) is 58.6 Å². The average Bonchev–Trinajstić information content (AvgIpc) is 3.07. The van der Waals surface area contributed by atoms with Crippen molar-refractivity contribution in [1.29, 1.82) is 0 Å². The Morgan fingerprint density at radius 1 is 1.38 bits per heavy atom. The largest absolute Gasteiger partial charge is 0.481 e. The van der Waals surface area contributed by atoms with Crippen molar-refractivity contribution in [2.45, 2.75) is 32.1 Å². The van der Waals surface area contributed by atoms with E-state index in [1.54, 1.807) is 0 Å². The van der Waals surface area contributed by atoms with E-state index in [4.69, 9.17) is 9.84 Å². The van der Waals surface area contributed by atoms with Crippen LogP contribution in [0.2, 0.25) is 0 Å². The molecule has 2 rings (SSSR count). The van der Waals surface area contributed by atoms with E-state index in [-0.39, 0.29) is 0 Å². The third kappa shape index (κ3) is 2.95. The monoisotopic (exact) mass is 227 g/mol. The number of nitrogens with one attached hydrogen (secondary N) is 1. The fraction of sp³-hybridized carbons (Fsp3) is 0.917. The third-order valence-electron chi connectivity index (χ3n) is 3.84. The van der Waals surface area contributed by atoms with Gasteiger partial charge in [-0.1, -0.05) is 0 Å². The molecule has 0 radical (unpaired) electrons. The van der Waals surface area contributed by atoms with Gasteiger partial charge in [0, 0.05) is 19.8 Å². The van der Waals surface area contributed by atoms with Gasteiger partial charge in [0.25, 0.3) is 0 Å². The molecule has 1 saturated carbocycles. The van der Waals surface area contributed by atoms with Gasteiger partial charge in [0.1, 0.15) is 0 Å². The van der Waals surface area contributed by atoms with E-state index in [0.717, 1.165) is 57.8 Å². The minimum absolute atomic E-state index is 0.421. The van der Waals surface area contributed by atoms with Crippen molar-refractivity contribution in [3.63, 3.8) is 0 Å². The fourth-order valence-electron chi connectivity index (χ4n) is 2.29. The highest BCUT2D eigenvalue weighted by atomic mass is 16.5. The van der Waals surface area contributed by atoms with Gasteiger partial charge in [0.15, 0.2) is 0 Å². The van der Waals surface area contributed by atoms with Crippen LogP contribution in [0.15, 0.2) is 0 Å². The Kier molecular flexibility index (Phi) is 3.82. The molecular weight excluding hydrogens is 206 g/mol. The lowest BCUT2D eigenvalue weighted by atomic mass is 9.96. The molecule has 0 bridgehead atoms. The van der Waals surface area contributed by atoms with E-state index in [1.165, 1.54) is 0 Å². The molecule has 4 heteroatoms. The van der Waals surface area contributed by atoms with E-state index < -0.39 is 11.4 Å². The molecule has 0 amide bonds. The van der Waals surface area contributed by atoms with Gasteiger partial charge in [-0.05, 0) is 44.6 Å². The lowest BCUT2D eigenvalue weighted by Crippen LogP contribution is -2.31. The van der Waals surface area contributed by atoms with Gasteiger partial charge < -0.3 is 15.2 Å².